The number of nitrogens with zero attached hydrogens (tertiary/aromatic N) is 3. The van der Waals surface area contributed by atoms with E-state index in [1.54, 1.807) is 6.20 Å². The Morgan fingerprint density at radius 3 is 3.00 bits per heavy atom. The van der Waals surface area contributed by atoms with Gasteiger partial charge in [-0.1, -0.05) is 6.92 Å². The highest BCUT2D eigenvalue weighted by atomic mass is 32.1. The molecule has 0 radical (unpaired) electrons. The van der Waals surface area contributed by atoms with E-state index in [1.165, 1.54) is 23.9 Å². The van der Waals surface area contributed by atoms with Gasteiger partial charge in [0.05, 0.1) is 6.04 Å². The van der Waals surface area contributed by atoms with E-state index in [0.717, 1.165) is 11.4 Å². The van der Waals surface area contributed by atoms with Crippen LogP contribution in [0.4, 0.5) is 5.82 Å². The fraction of sp³-hybridized carbons (Fsp3) is 0.273. The van der Waals surface area contributed by atoms with Gasteiger partial charge in [-0.15, -0.1) is 11.3 Å². The summed E-state index contributed by atoms with van der Waals surface area (Å²) >= 11 is 1.52. The second-order valence-electron chi connectivity index (χ2n) is 3.57. The molecule has 0 aromatic carbocycles. The van der Waals surface area contributed by atoms with E-state index >= 15 is 0 Å². The van der Waals surface area contributed by atoms with Crippen molar-refractivity contribution in [2.24, 2.45) is 0 Å². The molecule has 0 amide bonds. The lowest BCUT2D eigenvalue weighted by Crippen LogP contribution is -2.14. The maximum Gasteiger partial charge on any atom is 0.341 e. The number of nitrogens with one attached hydrogen (secondary N) is 1. The van der Waals surface area contributed by atoms with Crippen LogP contribution in [-0.2, 0) is 0 Å². The largest absolute Gasteiger partial charge is 0.477 e. The van der Waals surface area contributed by atoms with Crippen LogP contribution in [0.15, 0.2) is 24.1 Å². The zero-order valence-corrected chi connectivity index (χ0v) is 10.5. The average molecular weight is 264 g/mol. The zero-order chi connectivity index (χ0) is 13.0. The van der Waals surface area contributed by atoms with E-state index in [2.05, 4.69) is 20.3 Å². The molecule has 0 spiro atoms. The lowest BCUT2D eigenvalue weighted by atomic mass is 10.2. The standard InChI is InChI=1S/C11H12N4O2S/c1-2-8(10-13-3-4-18-10)15-9-7(11(16)17)5-12-6-14-9/h3-6,8H,2H2,1H3,(H,16,17)(H,12,14,15). The molecule has 0 fully saturated rings. The summed E-state index contributed by atoms with van der Waals surface area (Å²) in [6.07, 6.45) is 5.12. The van der Waals surface area contributed by atoms with E-state index in [1.807, 2.05) is 12.3 Å². The van der Waals surface area contributed by atoms with E-state index in [-0.39, 0.29) is 11.6 Å². The van der Waals surface area contributed by atoms with Crippen molar-refractivity contribution >= 4 is 23.1 Å². The molecule has 1 atom stereocenters. The van der Waals surface area contributed by atoms with Crippen LogP contribution in [0, 0.1) is 0 Å². The number of anilines is 1. The van der Waals surface area contributed by atoms with Crippen molar-refractivity contribution in [3.05, 3.63) is 34.7 Å². The highest BCUT2D eigenvalue weighted by Crippen LogP contribution is 2.24. The number of hydrogen-bond donors (Lipinski definition) is 2. The van der Waals surface area contributed by atoms with E-state index in [9.17, 15) is 4.79 Å². The van der Waals surface area contributed by atoms with Crippen LogP contribution in [0.25, 0.3) is 0 Å². The van der Waals surface area contributed by atoms with Gasteiger partial charge in [-0.3, -0.25) is 0 Å². The van der Waals surface area contributed by atoms with Crippen molar-refractivity contribution in [1.82, 2.24) is 15.0 Å². The topological polar surface area (TPSA) is 88.0 Å². The minimum absolute atomic E-state index is 0.0435. The molecule has 0 saturated heterocycles. The lowest BCUT2D eigenvalue weighted by Gasteiger charge is -2.15. The second kappa shape index (κ2) is 5.54. The summed E-state index contributed by atoms with van der Waals surface area (Å²) in [6.45, 7) is 2.00. The Labute approximate surface area is 108 Å². The third-order valence-corrected chi connectivity index (χ3v) is 3.30. The van der Waals surface area contributed by atoms with E-state index in [0.29, 0.717) is 5.82 Å². The van der Waals surface area contributed by atoms with Crippen LogP contribution in [0.2, 0.25) is 0 Å². The molecule has 6 nitrogen and oxygen atoms in total. The SMILES string of the molecule is CCC(Nc1ncncc1C(=O)O)c1nccs1. The molecule has 0 bridgehead atoms. The minimum Gasteiger partial charge on any atom is -0.477 e. The van der Waals surface area contributed by atoms with Crippen molar-refractivity contribution in [3.8, 4) is 0 Å². The summed E-state index contributed by atoms with van der Waals surface area (Å²) in [6, 6.07) is -0.0435. The van der Waals surface area contributed by atoms with Crippen LogP contribution in [-0.4, -0.2) is 26.0 Å². The Morgan fingerprint density at radius 1 is 1.56 bits per heavy atom. The molecule has 94 valence electrons. The minimum atomic E-state index is -1.05. The van der Waals surface area contributed by atoms with Crippen LogP contribution in [0.5, 0.6) is 0 Å². The van der Waals surface area contributed by atoms with Gasteiger partial charge in [0.25, 0.3) is 0 Å². The first-order chi connectivity index (χ1) is 8.72. The molecule has 2 aromatic heterocycles. The first-order valence-electron chi connectivity index (χ1n) is 5.41. The Hall–Kier alpha value is -2.02. The third kappa shape index (κ3) is 2.62. The normalized spacial score (nSPS) is 12.1. The first-order valence-corrected chi connectivity index (χ1v) is 6.29. The number of carboxylic acids is 1. The number of aromatic carboxylic acids is 1. The smallest absolute Gasteiger partial charge is 0.341 e. The first kappa shape index (κ1) is 12.4. The number of thiazole rings is 1. The fourth-order valence-corrected chi connectivity index (χ4v) is 2.28. The number of hydrogen-bond acceptors (Lipinski definition) is 6. The number of aromatic nitrogens is 3. The van der Waals surface area contributed by atoms with Crippen molar-refractivity contribution in [2.75, 3.05) is 5.32 Å². The highest BCUT2D eigenvalue weighted by molar-refractivity contribution is 7.09. The molecule has 18 heavy (non-hydrogen) atoms. The molecule has 0 saturated carbocycles. The average Bonchev–Trinajstić information content (AvgIpc) is 2.90. The van der Waals surface area contributed by atoms with Crippen LogP contribution >= 0.6 is 11.3 Å². The Balaban J connectivity index is 2.25. The predicted molar refractivity (Wildman–Crippen MR) is 67.8 cm³/mol. The molecule has 0 aliphatic heterocycles. The van der Waals surface area contributed by atoms with E-state index < -0.39 is 5.97 Å². The van der Waals surface area contributed by atoms with Gasteiger partial charge >= 0.3 is 5.97 Å². The van der Waals surface area contributed by atoms with Crippen LogP contribution in [0.1, 0.15) is 34.8 Å². The summed E-state index contributed by atoms with van der Waals surface area (Å²) in [4.78, 5) is 23.0. The molecule has 1 unspecified atom stereocenters. The third-order valence-electron chi connectivity index (χ3n) is 2.41. The monoisotopic (exact) mass is 264 g/mol. The zero-order valence-electron chi connectivity index (χ0n) is 9.70. The van der Waals surface area contributed by atoms with Crippen LogP contribution < -0.4 is 5.32 Å². The summed E-state index contributed by atoms with van der Waals surface area (Å²) in [5, 5.41) is 14.9. The second-order valence-corrected chi connectivity index (χ2v) is 4.49. The van der Waals surface area contributed by atoms with Gasteiger partial charge in [-0.25, -0.2) is 19.7 Å². The quantitative estimate of drug-likeness (QED) is 0.860. The highest BCUT2D eigenvalue weighted by Gasteiger charge is 2.17. The van der Waals surface area contributed by atoms with Gasteiger partial charge in [-0.05, 0) is 6.42 Å². The molecule has 2 rings (SSSR count). The Morgan fingerprint density at radius 2 is 2.39 bits per heavy atom. The molecule has 2 N–H and O–H groups in total. The molecule has 2 aromatic rings. The number of carboxylic acid groups (broad SMARTS) is 1. The fourth-order valence-electron chi connectivity index (χ4n) is 1.51. The maximum absolute atomic E-state index is 11.0. The summed E-state index contributed by atoms with van der Waals surface area (Å²) in [5.74, 6) is -0.730. The van der Waals surface area contributed by atoms with Crippen molar-refractivity contribution in [1.29, 1.82) is 0 Å². The van der Waals surface area contributed by atoms with Crippen molar-refractivity contribution in [2.45, 2.75) is 19.4 Å². The van der Waals surface area contributed by atoms with E-state index in [4.69, 9.17) is 5.11 Å². The van der Waals surface area contributed by atoms with Gasteiger partial charge in [0.1, 0.15) is 22.7 Å². The van der Waals surface area contributed by atoms with Crippen molar-refractivity contribution in [3.63, 3.8) is 0 Å². The summed E-state index contributed by atoms with van der Waals surface area (Å²) < 4.78 is 0. The predicted octanol–water partition coefficient (Wildman–Crippen LogP) is 2.19. The van der Waals surface area contributed by atoms with Crippen molar-refractivity contribution < 1.29 is 9.90 Å². The van der Waals surface area contributed by atoms with Gasteiger partial charge in [0, 0.05) is 17.8 Å². The Bertz CT molecular complexity index is 530. The van der Waals surface area contributed by atoms with Gasteiger partial charge < -0.3 is 10.4 Å². The lowest BCUT2D eigenvalue weighted by molar-refractivity contribution is 0.0697. The summed E-state index contributed by atoms with van der Waals surface area (Å²) in [7, 11) is 0. The Kier molecular flexibility index (Phi) is 3.83. The maximum atomic E-state index is 11.0. The molecule has 2 heterocycles. The molecular formula is C11H12N4O2S. The molecule has 0 aliphatic rings. The molecule has 0 aliphatic carbocycles. The van der Waals surface area contributed by atoms with Gasteiger partial charge in [0.2, 0.25) is 0 Å². The summed E-state index contributed by atoms with van der Waals surface area (Å²) in [5.41, 5.74) is 0.0625. The number of rotatable bonds is 5. The molecule has 7 heteroatoms. The van der Waals surface area contributed by atoms with Crippen LogP contribution in [0.3, 0.4) is 0 Å². The van der Waals surface area contributed by atoms with Gasteiger partial charge in [0.15, 0.2) is 0 Å². The van der Waals surface area contributed by atoms with Gasteiger partial charge in [-0.2, -0.15) is 0 Å². The molecular weight excluding hydrogens is 252 g/mol. The number of carbonyl (C=O) groups is 1.